The smallest absolute Gasteiger partial charge is 0.194 e. The minimum Gasteiger partial charge on any atom is -0.507 e. The molecule has 2 aromatic rings. The second-order valence-electron chi connectivity index (χ2n) is 10.1. The molecule has 0 saturated heterocycles. The molecule has 3 aliphatic carbocycles. The van der Waals surface area contributed by atoms with Crippen molar-refractivity contribution in [1.82, 2.24) is 0 Å². The third-order valence-electron chi connectivity index (χ3n) is 8.31. The van der Waals surface area contributed by atoms with Crippen LogP contribution in [-0.2, 0) is 0 Å². The van der Waals surface area contributed by atoms with E-state index in [4.69, 9.17) is 0 Å². The number of carbonyl (C=O) groups is 2. The Balaban J connectivity index is 1.50. The van der Waals surface area contributed by atoms with Gasteiger partial charge in [-0.3, -0.25) is 9.59 Å². The van der Waals surface area contributed by atoms with Crippen molar-refractivity contribution in [2.24, 2.45) is 5.92 Å². The number of phenolic OH excluding ortho intramolecular Hbond substituents is 1. The molecule has 2 aromatic carbocycles. The SMILES string of the molecule is C[C@]1([Si](C)(C)c2ccccc2)CC[C@@H]2C(=CCC3=C2C(=O)c2cccc(O)c2C3=O)C1. The van der Waals surface area contributed by atoms with Gasteiger partial charge in [0.15, 0.2) is 11.6 Å². The van der Waals surface area contributed by atoms with Crippen molar-refractivity contribution in [2.45, 2.75) is 50.7 Å². The minimum atomic E-state index is -1.76. The highest BCUT2D eigenvalue weighted by atomic mass is 28.3. The lowest BCUT2D eigenvalue weighted by Crippen LogP contribution is -2.53. The normalized spacial score (nSPS) is 25.5. The standard InChI is InChI=1S/C27H28O3Si/c1-27(31(2,3)18-8-5-4-6-9-18)15-14-19-17(16-27)12-13-21-23(19)25(29)20-10-7-11-22(28)24(20)26(21)30/h4-12,19,28H,13-16H2,1-3H3/t19-,27+/m1/s1. The average Bonchev–Trinajstić information content (AvgIpc) is 2.77. The van der Waals surface area contributed by atoms with Gasteiger partial charge in [-0.15, -0.1) is 0 Å². The Morgan fingerprint density at radius 2 is 1.74 bits per heavy atom. The number of hydrogen-bond acceptors (Lipinski definition) is 3. The Kier molecular flexibility index (Phi) is 4.49. The first-order valence-electron chi connectivity index (χ1n) is 11.1. The number of phenols is 1. The van der Waals surface area contributed by atoms with E-state index in [1.807, 2.05) is 0 Å². The molecule has 3 aliphatic rings. The summed E-state index contributed by atoms with van der Waals surface area (Å²) < 4.78 is 0. The molecule has 3 nitrogen and oxygen atoms in total. The van der Waals surface area contributed by atoms with E-state index in [1.54, 1.807) is 12.1 Å². The maximum Gasteiger partial charge on any atom is 0.194 e. The Hall–Kier alpha value is -2.72. The first-order valence-corrected chi connectivity index (χ1v) is 14.1. The van der Waals surface area contributed by atoms with Gasteiger partial charge in [0, 0.05) is 22.6 Å². The molecular formula is C27H28O3Si. The fourth-order valence-corrected chi connectivity index (χ4v) is 9.06. The Labute approximate surface area is 184 Å². The third-order valence-corrected chi connectivity index (χ3v) is 13.5. The summed E-state index contributed by atoms with van der Waals surface area (Å²) in [4.78, 5) is 26.6. The number of Topliss-reactive ketones (excluding diaryl/α,β-unsaturated/α-hetero) is 2. The number of fused-ring (bicyclic) bond motifs is 3. The molecule has 2 atom stereocenters. The third kappa shape index (κ3) is 2.84. The van der Waals surface area contributed by atoms with Crippen molar-refractivity contribution in [3.63, 3.8) is 0 Å². The Bertz CT molecular complexity index is 1170. The van der Waals surface area contributed by atoms with Crippen molar-refractivity contribution in [3.8, 4) is 5.75 Å². The van der Waals surface area contributed by atoms with Crippen molar-refractivity contribution >= 4 is 24.8 Å². The summed E-state index contributed by atoms with van der Waals surface area (Å²) in [6, 6.07) is 15.7. The van der Waals surface area contributed by atoms with Crippen LogP contribution < -0.4 is 5.19 Å². The number of aromatic hydroxyl groups is 1. The largest absolute Gasteiger partial charge is 0.507 e. The van der Waals surface area contributed by atoms with Gasteiger partial charge in [-0.25, -0.2) is 0 Å². The molecule has 5 rings (SSSR count). The van der Waals surface area contributed by atoms with Crippen LogP contribution in [0.15, 0.2) is 71.3 Å². The molecule has 0 bridgehead atoms. The highest BCUT2D eigenvalue weighted by Gasteiger charge is 2.50. The van der Waals surface area contributed by atoms with Gasteiger partial charge in [0.25, 0.3) is 0 Å². The lowest BCUT2D eigenvalue weighted by molar-refractivity contribution is 0.0958. The highest BCUT2D eigenvalue weighted by Crippen LogP contribution is 2.57. The van der Waals surface area contributed by atoms with Crippen LogP contribution in [0.4, 0.5) is 0 Å². The van der Waals surface area contributed by atoms with E-state index in [9.17, 15) is 14.7 Å². The second kappa shape index (κ2) is 6.89. The molecule has 0 unspecified atom stereocenters. The molecule has 0 spiro atoms. The Morgan fingerprint density at radius 1 is 1.00 bits per heavy atom. The van der Waals surface area contributed by atoms with Crippen LogP contribution in [0.2, 0.25) is 18.1 Å². The van der Waals surface area contributed by atoms with Gasteiger partial charge in [0.2, 0.25) is 0 Å². The van der Waals surface area contributed by atoms with Crippen LogP contribution in [-0.4, -0.2) is 24.7 Å². The van der Waals surface area contributed by atoms with Gasteiger partial charge in [-0.05, 0) is 36.8 Å². The van der Waals surface area contributed by atoms with Crippen LogP contribution in [0.3, 0.4) is 0 Å². The van der Waals surface area contributed by atoms with Gasteiger partial charge in [0.05, 0.1) is 13.6 Å². The summed E-state index contributed by atoms with van der Waals surface area (Å²) >= 11 is 0. The fraction of sp³-hybridized carbons (Fsp3) is 0.333. The summed E-state index contributed by atoms with van der Waals surface area (Å²) in [6.07, 6.45) is 5.62. The lowest BCUT2D eigenvalue weighted by atomic mass is 9.66. The van der Waals surface area contributed by atoms with Crippen LogP contribution in [0.1, 0.15) is 53.3 Å². The second-order valence-corrected chi connectivity index (χ2v) is 15.1. The van der Waals surface area contributed by atoms with Crippen molar-refractivity contribution < 1.29 is 14.7 Å². The zero-order chi connectivity index (χ0) is 22.0. The summed E-state index contributed by atoms with van der Waals surface area (Å²) in [6.45, 7) is 7.35. The number of allylic oxidation sites excluding steroid dienone is 4. The molecule has 0 aromatic heterocycles. The first kappa shape index (κ1) is 20.2. The van der Waals surface area contributed by atoms with E-state index in [2.05, 4.69) is 56.4 Å². The Morgan fingerprint density at radius 3 is 2.48 bits per heavy atom. The van der Waals surface area contributed by atoms with Gasteiger partial charge < -0.3 is 5.11 Å². The summed E-state index contributed by atoms with van der Waals surface area (Å²) in [5, 5.41) is 11.9. The quantitative estimate of drug-likeness (QED) is 0.502. The van der Waals surface area contributed by atoms with Crippen LogP contribution in [0, 0.1) is 5.92 Å². The van der Waals surface area contributed by atoms with Crippen LogP contribution >= 0.6 is 0 Å². The monoisotopic (exact) mass is 428 g/mol. The van der Waals surface area contributed by atoms with Crippen molar-refractivity contribution in [1.29, 1.82) is 0 Å². The first-order chi connectivity index (χ1) is 14.7. The summed E-state index contributed by atoms with van der Waals surface area (Å²) in [7, 11) is -1.76. The van der Waals surface area contributed by atoms with Crippen molar-refractivity contribution in [3.05, 3.63) is 82.5 Å². The summed E-state index contributed by atoms with van der Waals surface area (Å²) in [5.41, 5.74) is 3.16. The molecular weight excluding hydrogens is 400 g/mol. The minimum absolute atomic E-state index is 0.0318. The molecule has 158 valence electrons. The number of rotatable bonds is 2. The van der Waals surface area contributed by atoms with E-state index in [0.29, 0.717) is 23.1 Å². The predicted molar refractivity (Wildman–Crippen MR) is 126 cm³/mol. The fourth-order valence-electron chi connectivity index (χ4n) is 5.92. The molecule has 31 heavy (non-hydrogen) atoms. The molecule has 0 radical (unpaired) electrons. The van der Waals surface area contributed by atoms with E-state index in [-0.39, 0.29) is 33.8 Å². The topological polar surface area (TPSA) is 54.4 Å². The zero-order valence-electron chi connectivity index (χ0n) is 18.4. The van der Waals surface area contributed by atoms with E-state index >= 15 is 0 Å². The molecule has 0 heterocycles. The molecule has 1 saturated carbocycles. The lowest BCUT2D eigenvalue weighted by Gasteiger charge is -2.50. The van der Waals surface area contributed by atoms with Gasteiger partial charge in [0.1, 0.15) is 5.75 Å². The van der Waals surface area contributed by atoms with Crippen LogP contribution in [0.25, 0.3) is 0 Å². The maximum absolute atomic E-state index is 13.4. The molecule has 4 heteroatoms. The predicted octanol–water partition coefficient (Wildman–Crippen LogP) is 5.57. The zero-order valence-corrected chi connectivity index (χ0v) is 19.4. The molecule has 0 aliphatic heterocycles. The number of carbonyl (C=O) groups excluding carboxylic acids is 2. The maximum atomic E-state index is 13.4. The number of benzene rings is 2. The van der Waals surface area contributed by atoms with Crippen LogP contribution in [0.5, 0.6) is 5.75 Å². The molecule has 1 fully saturated rings. The van der Waals surface area contributed by atoms with Gasteiger partial charge in [-0.1, -0.05) is 79.3 Å². The van der Waals surface area contributed by atoms with Gasteiger partial charge >= 0.3 is 0 Å². The van der Waals surface area contributed by atoms with E-state index < -0.39 is 8.07 Å². The molecule has 1 N–H and O–H groups in total. The van der Waals surface area contributed by atoms with E-state index in [0.717, 1.165) is 19.3 Å². The number of hydrogen-bond donors (Lipinski definition) is 1. The number of ketones is 2. The summed E-state index contributed by atoms with van der Waals surface area (Å²) in [5.74, 6) is -0.307. The van der Waals surface area contributed by atoms with Gasteiger partial charge in [-0.2, -0.15) is 0 Å². The van der Waals surface area contributed by atoms with E-state index in [1.165, 1.54) is 16.8 Å². The molecule has 0 amide bonds. The van der Waals surface area contributed by atoms with Crippen molar-refractivity contribution in [2.75, 3.05) is 0 Å². The average molecular weight is 429 g/mol. The highest BCUT2D eigenvalue weighted by molar-refractivity contribution is 6.92.